The molecular weight excluding hydrogens is 376 g/mol. The summed E-state index contributed by atoms with van der Waals surface area (Å²) in [6.07, 6.45) is 3.65. The molecule has 1 heterocycles. The number of ether oxygens (including phenoxy) is 5. The van der Waals surface area contributed by atoms with Crippen molar-refractivity contribution >= 4 is 17.7 Å². The minimum absolute atomic E-state index is 0.232. The lowest BCUT2D eigenvalue weighted by Crippen LogP contribution is -2.19. The zero-order valence-electron chi connectivity index (χ0n) is 16.6. The molecule has 8 heteroatoms. The number of nitrogens with zero attached hydrogens (tertiary/aromatic N) is 1. The molecule has 1 N–H and O–H groups in total. The lowest BCUT2D eigenvalue weighted by molar-refractivity contribution is 0.0954. The summed E-state index contributed by atoms with van der Waals surface area (Å²) in [5.41, 5.74) is 4.39. The second kappa shape index (κ2) is 9.01. The van der Waals surface area contributed by atoms with Gasteiger partial charge in [-0.25, -0.2) is 5.43 Å². The van der Waals surface area contributed by atoms with Crippen LogP contribution >= 0.6 is 0 Å². The molecule has 8 nitrogen and oxygen atoms in total. The van der Waals surface area contributed by atoms with Crippen LogP contribution in [-0.4, -0.2) is 39.7 Å². The quantitative estimate of drug-likeness (QED) is 0.569. The van der Waals surface area contributed by atoms with Crippen molar-refractivity contribution in [1.29, 1.82) is 0 Å². The molecule has 1 aliphatic heterocycles. The number of nitrogens with one attached hydrogen (secondary N) is 1. The minimum Gasteiger partial charge on any atom is -0.493 e. The van der Waals surface area contributed by atoms with Crippen LogP contribution in [0.15, 0.2) is 41.5 Å². The Morgan fingerprint density at radius 1 is 1.03 bits per heavy atom. The topological polar surface area (TPSA) is 87.6 Å². The number of fused-ring (bicyclic) bond motifs is 1. The summed E-state index contributed by atoms with van der Waals surface area (Å²) in [5.74, 6) is 2.22. The average molecular weight is 398 g/mol. The number of benzene rings is 2. The predicted molar refractivity (Wildman–Crippen MR) is 108 cm³/mol. The molecule has 0 spiro atoms. The molecule has 0 fully saturated rings. The Labute approximate surface area is 168 Å². The third kappa shape index (κ3) is 4.60. The highest BCUT2D eigenvalue weighted by Gasteiger charge is 2.17. The van der Waals surface area contributed by atoms with Gasteiger partial charge in [0.15, 0.2) is 23.0 Å². The van der Waals surface area contributed by atoms with Crippen LogP contribution in [0.3, 0.4) is 0 Å². The first kappa shape index (κ1) is 20.1. The number of methoxy groups -OCH3 is 3. The lowest BCUT2D eigenvalue weighted by Gasteiger charge is -2.13. The van der Waals surface area contributed by atoms with Gasteiger partial charge in [-0.2, -0.15) is 5.10 Å². The molecule has 0 bridgehead atoms. The van der Waals surface area contributed by atoms with Crippen molar-refractivity contribution in [3.63, 3.8) is 0 Å². The SMILES string of the molecule is COc1cc(C(=O)N/N=C(C)/C=C/c2ccc3c(c2)OCO3)cc(OC)c1OC. The molecule has 29 heavy (non-hydrogen) atoms. The summed E-state index contributed by atoms with van der Waals surface area (Å²) in [7, 11) is 4.48. The summed E-state index contributed by atoms with van der Waals surface area (Å²) >= 11 is 0. The highest BCUT2D eigenvalue weighted by atomic mass is 16.7. The van der Waals surface area contributed by atoms with E-state index in [9.17, 15) is 4.79 Å². The molecule has 0 atom stereocenters. The van der Waals surface area contributed by atoms with E-state index in [2.05, 4.69) is 10.5 Å². The molecule has 2 aromatic rings. The maximum Gasteiger partial charge on any atom is 0.271 e. The molecule has 1 amide bonds. The largest absolute Gasteiger partial charge is 0.493 e. The van der Waals surface area contributed by atoms with Crippen molar-refractivity contribution in [1.82, 2.24) is 5.43 Å². The third-order valence-electron chi connectivity index (χ3n) is 4.17. The van der Waals surface area contributed by atoms with Gasteiger partial charge < -0.3 is 23.7 Å². The molecule has 152 valence electrons. The number of rotatable bonds is 7. The van der Waals surface area contributed by atoms with E-state index in [0.717, 1.165) is 11.3 Å². The van der Waals surface area contributed by atoms with Gasteiger partial charge in [-0.15, -0.1) is 0 Å². The molecule has 3 rings (SSSR count). The van der Waals surface area contributed by atoms with Crippen molar-refractivity contribution in [2.24, 2.45) is 5.10 Å². The molecule has 1 aliphatic rings. The van der Waals surface area contributed by atoms with Crippen LogP contribution in [-0.2, 0) is 0 Å². The van der Waals surface area contributed by atoms with E-state index in [1.54, 1.807) is 25.1 Å². The fourth-order valence-electron chi connectivity index (χ4n) is 2.69. The van der Waals surface area contributed by atoms with E-state index < -0.39 is 5.91 Å². The fraction of sp³-hybridized carbons (Fsp3) is 0.238. The first-order chi connectivity index (χ1) is 14.0. The summed E-state index contributed by atoms with van der Waals surface area (Å²) in [5, 5.41) is 4.10. The van der Waals surface area contributed by atoms with Crippen molar-refractivity contribution < 1.29 is 28.5 Å². The van der Waals surface area contributed by atoms with E-state index in [1.165, 1.54) is 21.3 Å². The Balaban J connectivity index is 1.69. The van der Waals surface area contributed by atoms with Crippen molar-refractivity contribution in [2.45, 2.75) is 6.92 Å². The lowest BCUT2D eigenvalue weighted by atomic mass is 10.1. The molecule has 2 aromatic carbocycles. The van der Waals surface area contributed by atoms with Crippen LogP contribution in [0.25, 0.3) is 6.08 Å². The van der Waals surface area contributed by atoms with Gasteiger partial charge in [-0.1, -0.05) is 12.1 Å². The zero-order chi connectivity index (χ0) is 20.8. The molecule has 0 saturated heterocycles. The third-order valence-corrected chi connectivity index (χ3v) is 4.17. The Morgan fingerprint density at radius 3 is 2.38 bits per heavy atom. The molecular formula is C21H22N2O6. The van der Waals surface area contributed by atoms with Crippen molar-refractivity contribution in [3.8, 4) is 28.7 Å². The summed E-state index contributed by atoms with van der Waals surface area (Å²) < 4.78 is 26.4. The fourth-order valence-corrected chi connectivity index (χ4v) is 2.69. The highest BCUT2D eigenvalue weighted by Crippen LogP contribution is 2.38. The van der Waals surface area contributed by atoms with Crippen LogP contribution < -0.4 is 29.1 Å². The average Bonchev–Trinajstić information content (AvgIpc) is 3.22. The minimum atomic E-state index is -0.403. The van der Waals surface area contributed by atoms with Gasteiger partial charge in [-0.3, -0.25) is 4.79 Å². The number of hydrogen-bond donors (Lipinski definition) is 1. The monoisotopic (exact) mass is 398 g/mol. The number of amides is 1. The van der Waals surface area contributed by atoms with Gasteiger partial charge in [0.1, 0.15) is 0 Å². The van der Waals surface area contributed by atoms with Crippen LogP contribution in [0.1, 0.15) is 22.8 Å². The molecule has 0 unspecified atom stereocenters. The summed E-state index contributed by atoms with van der Waals surface area (Å²) in [6.45, 7) is 2.01. The van der Waals surface area contributed by atoms with Crippen LogP contribution in [0.2, 0.25) is 0 Å². The number of allylic oxidation sites excluding steroid dienone is 1. The Hall–Kier alpha value is -3.68. The Kier molecular flexibility index (Phi) is 6.23. The Morgan fingerprint density at radius 2 is 1.72 bits per heavy atom. The predicted octanol–water partition coefficient (Wildman–Crippen LogP) is 3.26. The number of carbonyl (C=O) groups is 1. The number of hydrazone groups is 1. The van der Waals surface area contributed by atoms with Crippen LogP contribution in [0.5, 0.6) is 28.7 Å². The highest BCUT2D eigenvalue weighted by molar-refractivity contribution is 5.99. The van der Waals surface area contributed by atoms with E-state index >= 15 is 0 Å². The van der Waals surface area contributed by atoms with E-state index in [1.807, 2.05) is 24.3 Å². The smallest absolute Gasteiger partial charge is 0.271 e. The normalized spacial score (nSPS) is 12.8. The van der Waals surface area contributed by atoms with E-state index in [-0.39, 0.29) is 6.79 Å². The zero-order valence-corrected chi connectivity index (χ0v) is 16.6. The molecule has 0 aliphatic carbocycles. The van der Waals surface area contributed by atoms with Crippen LogP contribution in [0.4, 0.5) is 0 Å². The second-order valence-electron chi connectivity index (χ2n) is 6.05. The van der Waals surface area contributed by atoms with E-state index in [0.29, 0.717) is 34.3 Å². The molecule has 0 radical (unpaired) electrons. The van der Waals surface area contributed by atoms with Gasteiger partial charge in [0, 0.05) is 5.56 Å². The van der Waals surface area contributed by atoms with Gasteiger partial charge in [0.05, 0.1) is 27.0 Å². The van der Waals surface area contributed by atoms with Gasteiger partial charge in [0.25, 0.3) is 5.91 Å². The maximum absolute atomic E-state index is 12.5. The Bertz CT molecular complexity index is 943. The molecule has 0 aromatic heterocycles. The van der Waals surface area contributed by atoms with E-state index in [4.69, 9.17) is 23.7 Å². The second-order valence-corrected chi connectivity index (χ2v) is 6.05. The van der Waals surface area contributed by atoms with Gasteiger partial charge >= 0.3 is 0 Å². The van der Waals surface area contributed by atoms with Crippen molar-refractivity contribution in [2.75, 3.05) is 28.1 Å². The standard InChI is InChI=1S/C21H22N2O6/c1-13(5-6-14-7-8-16-17(9-14)29-12-28-16)22-23-21(24)15-10-18(25-2)20(27-4)19(11-15)26-3/h5-11H,12H2,1-4H3,(H,23,24)/b6-5+,22-13+. The maximum atomic E-state index is 12.5. The first-order valence-electron chi connectivity index (χ1n) is 8.78. The summed E-state index contributed by atoms with van der Waals surface area (Å²) in [4.78, 5) is 12.5. The first-order valence-corrected chi connectivity index (χ1v) is 8.78. The van der Waals surface area contributed by atoms with Gasteiger partial charge in [0.2, 0.25) is 12.5 Å². The van der Waals surface area contributed by atoms with Crippen molar-refractivity contribution in [3.05, 3.63) is 47.5 Å². The van der Waals surface area contributed by atoms with Gasteiger partial charge in [-0.05, 0) is 42.8 Å². The number of hydrogen-bond acceptors (Lipinski definition) is 7. The van der Waals surface area contributed by atoms with Crippen LogP contribution in [0, 0.1) is 0 Å². The number of carbonyl (C=O) groups excluding carboxylic acids is 1. The molecule has 0 saturated carbocycles. The summed E-state index contributed by atoms with van der Waals surface area (Å²) in [6, 6.07) is 8.75.